The molecule has 178 valence electrons. The van der Waals surface area contributed by atoms with Gasteiger partial charge in [0, 0.05) is 55.3 Å². The average molecular weight is 470 g/mol. The monoisotopic (exact) mass is 469 g/mol. The minimum absolute atomic E-state index is 0.0329. The molecule has 1 aliphatic rings. The fourth-order valence-corrected chi connectivity index (χ4v) is 4.33. The summed E-state index contributed by atoms with van der Waals surface area (Å²) in [6, 6.07) is 16.9. The van der Waals surface area contributed by atoms with Crippen LogP contribution in [0.4, 0.5) is 0 Å². The lowest BCUT2D eigenvalue weighted by molar-refractivity contribution is 0.0789. The zero-order valence-electron chi connectivity index (χ0n) is 19.8. The van der Waals surface area contributed by atoms with E-state index >= 15 is 0 Å². The van der Waals surface area contributed by atoms with Crippen LogP contribution in [0.1, 0.15) is 39.8 Å². The number of aryl methyl sites for hydroxylation is 1. The third kappa shape index (κ3) is 5.16. The van der Waals surface area contributed by atoms with Gasteiger partial charge in [0.05, 0.1) is 13.4 Å². The first-order valence-corrected chi connectivity index (χ1v) is 11.6. The minimum atomic E-state index is 0.0329. The minimum Gasteiger partial charge on any atom is -0.497 e. The Morgan fingerprint density at radius 1 is 1.09 bits per heavy atom. The zero-order chi connectivity index (χ0) is 24.2. The van der Waals surface area contributed by atoms with Gasteiger partial charge in [-0.2, -0.15) is 4.98 Å². The number of hydrogen-bond acceptors (Lipinski definition) is 6. The molecule has 0 spiro atoms. The highest BCUT2D eigenvalue weighted by atomic mass is 16.5. The van der Waals surface area contributed by atoms with E-state index in [1.165, 1.54) is 0 Å². The summed E-state index contributed by atoms with van der Waals surface area (Å²) in [6.07, 6.45) is 6.20. The van der Waals surface area contributed by atoms with Gasteiger partial charge in [0.25, 0.3) is 5.91 Å². The normalized spacial score (nSPS) is 15.3. The van der Waals surface area contributed by atoms with E-state index in [0.29, 0.717) is 37.1 Å². The van der Waals surface area contributed by atoms with Crippen LogP contribution in [0.2, 0.25) is 0 Å². The number of ether oxygens (including phenoxy) is 2. The summed E-state index contributed by atoms with van der Waals surface area (Å²) >= 11 is 0. The molecule has 1 amide bonds. The second kappa shape index (κ2) is 9.97. The molecule has 8 nitrogen and oxygen atoms in total. The van der Waals surface area contributed by atoms with Crippen molar-refractivity contribution in [3.05, 3.63) is 96.0 Å². The van der Waals surface area contributed by atoms with Crippen LogP contribution in [0.15, 0.2) is 73.3 Å². The first-order chi connectivity index (χ1) is 17.1. The van der Waals surface area contributed by atoms with Gasteiger partial charge in [-0.25, -0.2) is 9.97 Å². The lowest BCUT2D eigenvalue weighted by Crippen LogP contribution is -2.29. The Morgan fingerprint density at radius 2 is 1.89 bits per heavy atom. The van der Waals surface area contributed by atoms with Gasteiger partial charge in [-0.15, -0.1) is 0 Å². The summed E-state index contributed by atoms with van der Waals surface area (Å²) < 4.78 is 13.1. The van der Waals surface area contributed by atoms with Crippen LogP contribution in [-0.4, -0.2) is 50.5 Å². The van der Waals surface area contributed by atoms with Crippen molar-refractivity contribution >= 4 is 5.91 Å². The average Bonchev–Trinajstić information content (AvgIpc) is 3.57. The Morgan fingerprint density at radius 3 is 2.66 bits per heavy atom. The number of imidazole rings is 1. The molecule has 2 aromatic heterocycles. The lowest BCUT2D eigenvalue weighted by Gasteiger charge is -2.19. The van der Waals surface area contributed by atoms with E-state index in [4.69, 9.17) is 9.47 Å². The van der Waals surface area contributed by atoms with E-state index in [0.717, 1.165) is 29.0 Å². The highest BCUT2D eigenvalue weighted by Crippen LogP contribution is 2.29. The van der Waals surface area contributed by atoms with Crippen LogP contribution < -0.4 is 9.47 Å². The number of benzene rings is 2. The van der Waals surface area contributed by atoms with Crippen molar-refractivity contribution in [1.29, 1.82) is 0 Å². The summed E-state index contributed by atoms with van der Waals surface area (Å²) in [4.78, 5) is 28.8. The van der Waals surface area contributed by atoms with E-state index in [9.17, 15) is 4.79 Å². The van der Waals surface area contributed by atoms with Gasteiger partial charge in [-0.3, -0.25) is 4.79 Å². The van der Waals surface area contributed by atoms with E-state index in [-0.39, 0.29) is 11.8 Å². The number of nitrogens with zero attached hydrogens (tertiary/aromatic N) is 5. The second-order valence-electron chi connectivity index (χ2n) is 8.61. The molecule has 1 aliphatic heterocycles. The Balaban J connectivity index is 1.30. The molecule has 4 aromatic rings. The molecule has 0 N–H and O–H groups in total. The molecular formula is C27H27N5O3. The van der Waals surface area contributed by atoms with Gasteiger partial charge in [0.2, 0.25) is 5.88 Å². The first kappa shape index (κ1) is 22.6. The Hall–Kier alpha value is -4.20. The molecule has 0 aliphatic carbocycles. The van der Waals surface area contributed by atoms with Crippen molar-refractivity contribution in [2.45, 2.75) is 25.8 Å². The molecule has 1 fully saturated rings. The predicted molar refractivity (Wildman–Crippen MR) is 131 cm³/mol. The van der Waals surface area contributed by atoms with Gasteiger partial charge in [0.15, 0.2) is 0 Å². The molecule has 1 saturated heterocycles. The number of methoxy groups -OCH3 is 1. The van der Waals surface area contributed by atoms with Crippen molar-refractivity contribution < 1.29 is 14.3 Å². The molecule has 0 saturated carbocycles. The highest BCUT2D eigenvalue weighted by molar-refractivity contribution is 5.96. The summed E-state index contributed by atoms with van der Waals surface area (Å²) in [6.45, 7) is 3.76. The number of amides is 1. The predicted octanol–water partition coefficient (Wildman–Crippen LogP) is 4.46. The molecule has 3 heterocycles. The van der Waals surface area contributed by atoms with Gasteiger partial charge >= 0.3 is 0 Å². The third-order valence-electron chi connectivity index (χ3n) is 6.13. The maximum atomic E-state index is 13.4. The molecular weight excluding hydrogens is 442 g/mol. The summed E-state index contributed by atoms with van der Waals surface area (Å²) in [5, 5.41) is 0. The molecule has 35 heavy (non-hydrogen) atoms. The van der Waals surface area contributed by atoms with Gasteiger partial charge in [-0.1, -0.05) is 18.2 Å². The maximum absolute atomic E-state index is 13.4. The van der Waals surface area contributed by atoms with E-state index in [1.807, 2.05) is 77.2 Å². The summed E-state index contributed by atoms with van der Waals surface area (Å²) in [5.74, 6) is 2.72. The molecule has 0 bridgehead atoms. The van der Waals surface area contributed by atoms with Crippen LogP contribution in [0.25, 0.3) is 0 Å². The van der Waals surface area contributed by atoms with Crippen molar-refractivity contribution in [3.8, 4) is 17.4 Å². The van der Waals surface area contributed by atoms with Gasteiger partial charge in [0.1, 0.15) is 17.3 Å². The molecule has 5 rings (SSSR count). The quantitative estimate of drug-likeness (QED) is 0.397. The maximum Gasteiger partial charge on any atom is 0.254 e. The van der Waals surface area contributed by atoms with Crippen molar-refractivity contribution in [3.63, 3.8) is 0 Å². The first-order valence-electron chi connectivity index (χ1n) is 11.6. The lowest BCUT2D eigenvalue weighted by atomic mass is 10.1. The van der Waals surface area contributed by atoms with Gasteiger partial charge < -0.3 is 18.9 Å². The molecule has 8 heteroatoms. The Labute approximate surface area is 204 Å². The third-order valence-corrected chi connectivity index (χ3v) is 6.13. The number of hydrogen-bond donors (Lipinski definition) is 0. The van der Waals surface area contributed by atoms with Crippen molar-refractivity contribution in [1.82, 2.24) is 24.4 Å². The molecule has 2 aromatic carbocycles. The second-order valence-corrected chi connectivity index (χ2v) is 8.61. The molecule has 0 unspecified atom stereocenters. The van der Waals surface area contributed by atoms with Gasteiger partial charge in [-0.05, 0) is 49.2 Å². The van der Waals surface area contributed by atoms with Crippen molar-refractivity contribution in [2.24, 2.45) is 0 Å². The topological polar surface area (TPSA) is 82.4 Å². The standard InChI is InChI=1S/C27H27N5O3/c1-19-15-25(35-23-9-7-22(34-2)8-10-23)30-26(29-19)21-11-13-32(17-21)27(33)24-6-4-3-5-20(24)16-31-14-12-28-18-31/h3-10,12,14-15,18,21H,11,13,16-17H2,1-2H3/t21-/m1/s1. The van der Waals surface area contributed by atoms with Crippen LogP contribution in [0, 0.1) is 6.92 Å². The van der Waals surface area contributed by atoms with Crippen LogP contribution in [0.5, 0.6) is 17.4 Å². The number of carbonyl (C=O) groups is 1. The number of carbonyl (C=O) groups excluding carboxylic acids is 1. The smallest absolute Gasteiger partial charge is 0.254 e. The van der Waals surface area contributed by atoms with E-state index < -0.39 is 0 Å². The number of aromatic nitrogens is 4. The fraction of sp³-hybridized carbons (Fsp3) is 0.259. The number of rotatable bonds is 7. The number of likely N-dealkylation sites (tertiary alicyclic amines) is 1. The largest absolute Gasteiger partial charge is 0.497 e. The SMILES string of the molecule is COc1ccc(Oc2cc(C)nc([C@@H]3CCN(C(=O)c4ccccc4Cn4ccnc4)C3)n2)cc1. The van der Waals surface area contributed by atoms with E-state index in [1.54, 1.807) is 19.6 Å². The van der Waals surface area contributed by atoms with E-state index in [2.05, 4.69) is 15.0 Å². The summed E-state index contributed by atoms with van der Waals surface area (Å²) in [5.41, 5.74) is 2.52. The van der Waals surface area contributed by atoms with Crippen LogP contribution >= 0.6 is 0 Å². The Bertz CT molecular complexity index is 1300. The fourth-order valence-electron chi connectivity index (χ4n) is 4.33. The van der Waals surface area contributed by atoms with Crippen LogP contribution in [-0.2, 0) is 6.54 Å². The molecule has 1 atom stereocenters. The van der Waals surface area contributed by atoms with Crippen LogP contribution in [0.3, 0.4) is 0 Å². The Kier molecular flexibility index (Phi) is 6.43. The zero-order valence-corrected chi connectivity index (χ0v) is 19.8. The summed E-state index contributed by atoms with van der Waals surface area (Å²) in [7, 11) is 1.63. The van der Waals surface area contributed by atoms with Crippen molar-refractivity contribution in [2.75, 3.05) is 20.2 Å². The highest BCUT2D eigenvalue weighted by Gasteiger charge is 2.31. The molecule has 0 radical (unpaired) electrons.